The first kappa shape index (κ1) is 27.2. The summed E-state index contributed by atoms with van der Waals surface area (Å²) in [4.78, 5) is 38.6. The molecule has 2 aromatic rings. The number of ketones is 1. The van der Waals surface area contributed by atoms with Crippen molar-refractivity contribution >= 4 is 17.6 Å². The molecule has 1 aliphatic heterocycles. The van der Waals surface area contributed by atoms with Crippen LogP contribution in [-0.4, -0.2) is 49.6 Å². The van der Waals surface area contributed by atoms with E-state index in [1.807, 2.05) is 0 Å². The van der Waals surface area contributed by atoms with Crippen LogP contribution in [0.2, 0.25) is 0 Å². The number of fused-ring (bicyclic) bond motifs is 1. The van der Waals surface area contributed by atoms with Crippen LogP contribution in [0.1, 0.15) is 47.7 Å². The van der Waals surface area contributed by atoms with E-state index in [4.69, 9.17) is 9.47 Å². The minimum atomic E-state index is -3.35. The third kappa shape index (κ3) is 8.69. The van der Waals surface area contributed by atoms with E-state index in [-0.39, 0.29) is 25.3 Å². The summed E-state index contributed by atoms with van der Waals surface area (Å²) in [6.07, 6.45) is -1.89. The summed E-state index contributed by atoms with van der Waals surface area (Å²) >= 11 is 0. The van der Waals surface area contributed by atoms with Gasteiger partial charge in [-0.25, -0.2) is 0 Å². The van der Waals surface area contributed by atoms with Crippen LogP contribution in [0.4, 0.5) is 8.78 Å². The van der Waals surface area contributed by atoms with Crippen molar-refractivity contribution < 1.29 is 37.4 Å². The highest BCUT2D eigenvalue weighted by atomic mass is 19.3. The van der Waals surface area contributed by atoms with Crippen molar-refractivity contribution in [3.63, 3.8) is 0 Å². The van der Waals surface area contributed by atoms with Gasteiger partial charge in [0, 0.05) is 25.6 Å². The van der Waals surface area contributed by atoms with Crippen LogP contribution in [0.25, 0.3) is 0 Å². The van der Waals surface area contributed by atoms with Gasteiger partial charge in [-0.3, -0.25) is 14.4 Å². The number of carbonyl (C=O) groups is 3. The number of ether oxygens (including phenoxy) is 3. The molecule has 0 radical (unpaired) electrons. The Balaban J connectivity index is 1.68. The number of rotatable bonds is 6. The van der Waals surface area contributed by atoms with Gasteiger partial charge in [-0.2, -0.15) is 8.78 Å². The van der Waals surface area contributed by atoms with Crippen LogP contribution < -0.4 is 15.4 Å². The lowest BCUT2D eigenvalue weighted by Gasteiger charge is -2.19. The molecule has 3 rings (SSSR count). The van der Waals surface area contributed by atoms with Gasteiger partial charge in [-0.1, -0.05) is 30.3 Å². The van der Waals surface area contributed by atoms with Crippen molar-refractivity contribution in [2.75, 3.05) is 19.8 Å². The first-order valence-corrected chi connectivity index (χ1v) is 11.7. The summed E-state index contributed by atoms with van der Waals surface area (Å²) in [6.45, 7) is 2.04. The molecule has 8 nitrogen and oxygen atoms in total. The maximum Gasteiger partial charge on any atom is 0.394 e. The molecule has 0 bridgehead atoms. The number of benzene rings is 2. The second-order valence-corrected chi connectivity index (χ2v) is 8.45. The number of hydrogen-bond acceptors (Lipinski definition) is 6. The first-order valence-electron chi connectivity index (χ1n) is 11.7. The fourth-order valence-electron chi connectivity index (χ4n) is 3.68. The highest BCUT2D eigenvalue weighted by Crippen LogP contribution is 2.22. The Labute approximate surface area is 208 Å². The van der Waals surface area contributed by atoms with Crippen LogP contribution in [0.5, 0.6) is 5.75 Å². The fraction of sp³-hybridized carbons (Fsp3) is 0.423. The minimum absolute atomic E-state index is 0.0660. The molecule has 1 aliphatic rings. The highest BCUT2D eigenvalue weighted by molar-refractivity contribution is 6.38. The second-order valence-electron chi connectivity index (χ2n) is 8.45. The third-order valence-corrected chi connectivity index (χ3v) is 5.42. The maximum atomic E-state index is 13.1. The second kappa shape index (κ2) is 13.1. The number of amides is 2. The summed E-state index contributed by atoms with van der Waals surface area (Å²) < 4.78 is 41.9. The molecule has 10 heteroatoms. The summed E-state index contributed by atoms with van der Waals surface area (Å²) in [5, 5.41) is 5.19. The Kier molecular flexibility index (Phi) is 9.89. The van der Waals surface area contributed by atoms with Crippen molar-refractivity contribution in [2.45, 2.75) is 51.5 Å². The van der Waals surface area contributed by atoms with E-state index in [1.54, 1.807) is 30.3 Å². The molecule has 194 valence electrons. The van der Waals surface area contributed by atoms with Crippen LogP contribution in [0.15, 0.2) is 48.5 Å². The smallest absolute Gasteiger partial charge is 0.394 e. The van der Waals surface area contributed by atoms with Gasteiger partial charge in [-0.05, 0) is 48.6 Å². The van der Waals surface area contributed by atoms with E-state index in [2.05, 4.69) is 15.4 Å². The molecule has 0 saturated heterocycles. The topological polar surface area (TPSA) is 103 Å². The van der Waals surface area contributed by atoms with Gasteiger partial charge >= 0.3 is 6.11 Å². The molecule has 0 aliphatic carbocycles. The fourth-order valence-corrected chi connectivity index (χ4v) is 3.68. The Morgan fingerprint density at radius 1 is 1.08 bits per heavy atom. The van der Waals surface area contributed by atoms with E-state index < -0.39 is 29.7 Å². The largest absolute Gasteiger partial charge is 0.433 e. The molecular weight excluding hydrogens is 474 g/mol. The molecule has 2 aromatic carbocycles. The molecule has 0 aromatic heterocycles. The van der Waals surface area contributed by atoms with E-state index in [0.717, 1.165) is 0 Å². The first-order chi connectivity index (χ1) is 17.2. The van der Waals surface area contributed by atoms with Crippen molar-refractivity contribution in [1.29, 1.82) is 0 Å². The average Bonchev–Trinajstić information content (AvgIpc) is 2.84. The van der Waals surface area contributed by atoms with Gasteiger partial charge < -0.3 is 24.8 Å². The zero-order valence-corrected chi connectivity index (χ0v) is 20.1. The molecule has 2 amide bonds. The van der Waals surface area contributed by atoms with Gasteiger partial charge in [0.1, 0.15) is 5.75 Å². The Bertz CT molecular complexity index is 1060. The number of alkyl halides is 2. The van der Waals surface area contributed by atoms with Crippen LogP contribution in [0.3, 0.4) is 0 Å². The van der Waals surface area contributed by atoms with Crippen molar-refractivity contribution in [3.8, 4) is 5.75 Å². The summed E-state index contributed by atoms with van der Waals surface area (Å²) in [6, 6.07) is 11.7. The van der Waals surface area contributed by atoms with Crippen molar-refractivity contribution in [1.82, 2.24) is 10.6 Å². The molecule has 1 heterocycles. The van der Waals surface area contributed by atoms with E-state index in [0.29, 0.717) is 56.3 Å². The maximum absolute atomic E-state index is 13.1. The molecule has 0 fully saturated rings. The third-order valence-electron chi connectivity index (χ3n) is 5.42. The molecule has 0 spiro atoms. The highest BCUT2D eigenvalue weighted by Gasteiger charge is 2.28. The Morgan fingerprint density at radius 2 is 1.86 bits per heavy atom. The number of Topliss-reactive ketones (excluding diaryl/α,β-unsaturated/α-hetero) is 1. The number of halogens is 2. The monoisotopic (exact) mass is 504 g/mol. The number of nitrogens with one attached hydrogen (secondary N) is 2. The molecule has 36 heavy (non-hydrogen) atoms. The summed E-state index contributed by atoms with van der Waals surface area (Å²) in [5.74, 6) is -2.22. The lowest BCUT2D eigenvalue weighted by atomic mass is 10.0. The molecule has 1 unspecified atom stereocenters. The van der Waals surface area contributed by atoms with Crippen molar-refractivity contribution in [3.05, 3.63) is 65.2 Å². The zero-order chi connectivity index (χ0) is 26.0. The summed E-state index contributed by atoms with van der Waals surface area (Å²) in [5.41, 5.74) is 1.49. The molecule has 0 saturated carbocycles. The minimum Gasteiger partial charge on any atom is -0.433 e. The van der Waals surface area contributed by atoms with E-state index in [1.165, 1.54) is 18.2 Å². The van der Waals surface area contributed by atoms with Gasteiger partial charge in [0.25, 0.3) is 11.8 Å². The Hall–Kier alpha value is -3.37. The average molecular weight is 505 g/mol. The number of hydrogen-bond donors (Lipinski definition) is 2. The lowest BCUT2D eigenvalue weighted by molar-refractivity contribution is -0.159. The predicted octanol–water partition coefficient (Wildman–Crippen LogP) is 3.38. The van der Waals surface area contributed by atoms with Crippen LogP contribution in [0, 0.1) is 0 Å². The van der Waals surface area contributed by atoms with E-state index in [9.17, 15) is 23.2 Å². The van der Waals surface area contributed by atoms with Crippen LogP contribution >= 0.6 is 0 Å². The van der Waals surface area contributed by atoms with Gasteiger partial charge in [0.15, 0.2) is 0 Å². The van der Waals surface area contributed by atoms with E-state index >= 15 is 0 Å². The Morgan fingerprint density at radius 3 is 2.67 bits per heavy atom. The van der Waals surface area contributed by atoms with Gasteiger partial charge in [-0.15, -0.1) is 0 Å². The molecule has 1 atom stereocenters. The summed E-state index contributed by atoms with van der Waals surface area (Å²) in [7, 11) is 0. The van der Waals surface area contributed by atoms with Crippen LogP contribution in [-0.2, 0) is 32.2 Å². The van der Waals surface area contributed by atoms with Crippen molar-refractivity contribution in [2.24, 2.45) is 0 Å². The SMILES string of the molecule is CC(F)(F)Oc1cccc(CNC(=O)C(=O)C2CCCCOCCOCc3ccccc3C(=O)N2)c1. The van der Waals surface area contributed by atoms with Gasteiger partial charge in [0.2, 0.25) is 5.78 Å². The molecule has 2 N–H and O–H groups in total. The molecular formula is C26H30F2N2O6. The number of carbonyl (C=O) groups excluding carboxylic acids is 3. The zero-order valence-electron chi connectivity index (χ0n) is 20.1. The lowest BCUT2D eigenvalue weighted by Crippen LogP contribution is -2.47. The standard InChI is InChI=1S/C26H30F2N2O6/c1-26(27,28)36-20-9-6-7-18(15-20)16-29-25(33)23(31)22-11-4-5-12-34-13-14-35-17-19-8-2-3-10-21(19)24(32)30-22/h2-3,6-10,15,22H,4-5,11-14,16-17H2,1H3,(H,29,33)(H,30,32). The predicted molar refractivity (Wildman–Crippen MR) is 127 cm³/mol. The van der Waals surface area contributed by atoms with Gasteiger partial charge in [0.05, 0.1) is 25.9 Å². The quantitative estimate of drug-likeness (QED) is 0.585. The normalized spacial score (nSPS) is 17.8.